The minimum atomic E-state index is 0.142. The van der Waals surface area contributed by atoms with Crippen molar-refractivity contribution in [1.82, 2.24) is 15.1 Å². The molecule has 1 saturated carbocycles. The second kappa shape index (κ2) is 7.11. The minimum absolute atomic E-state index is 0.142. The highest BCUT2D eigenvalue weighted by molar-refractivity contribution is 6.30. The minimum Gasteiger partial charge on any atom is -0.504 e. The first-order chi connectivity index (χ1) is 13.7. The Labute approximate surface area is 167 Å². The maximum absolute atomic E-state index is 10.5. The normalized spacial score (nSPS) is 17.0. The summed E-state index contributed by atoms with van der Waals surface area (Å²) in [6.45, 7) is 2.38. The highest BCUT2D eigenvalue weighted by Gasteiger charge is 2.30. The monoisotopic (exact) mass is 397 g/mol. The van der Waals surface area contributed by atoms with Crippen molar-refractivity contribution < 1.29 is 14.3 Å². The Balaban J connectivity index is 1.41. The number of ether oxygens (including phenoxy) is 1. The van der Waals surface area contributed by atoms with E-state index in [2.05, 4.69) is 15.1 Å². The quantitative estimate of drug-likeness (QED) is 0.704. The maximum atomic E-state index is 10.5. The van der Waals surface area contributed by atoms with E-state index in [9.17, 15) is 5.11 Å². The largest absolute Gasteiger partial charge is 0.504 e. The van der Waals surface area contributed by atoms with Crippen LogP contribution in [-0.4, -0.2) is 33.4 Å². The molecule has 0 saturated heterocycles. The zero-order chi connectivity index (χ0) is 19.1. The SMILES string of the molecule is Oc1cc(-c2cccc(Cl)c2)cc2c1OCCN(Cc1nnc(C3CC3)o1)C2. The van der Waals surface area contributed by atoms with Gasteiger partial charge in [-0.1, -0.05) is 23.7 Å². The van der Waals surface area contributed by atoms with Crippen LogP contribution < -0.4 is 4.74 Å². The van der Waals surface area contributed by atoms with Gasteiger partial charge in [0.1, 0.15) is 6.61 Å². The van der Waals surface area contributed by atoms with Crippen LogP contribution in [0, 0.1) is 0 Å². The van der Waals surface area contributed by atoms with Crippen LogP contribution in [0.4, 0.5) is 0 Å². The number of phenolic OH excluding ortho intramolecular Hbond substituents is 1. The van der Waals surface area contributed by atoms with Crippen LogP contribution in [-0.2, 0) is 13.1 Å². The third kappa shape index (κ3) is 3.57. The maximum Gasteiger partial charge on any atom is 0.230 e. The molecule has 1 N–H and O–H groups in total. The molecule has 5 rings (SSSR count). The van der Waals surface area contributed by atoms with Crippen molar-refractivity contribution in [2.24, 2.45) is 0 Å². The third-order valence-corrected chi connectivity index (χ3v) is 5.36. The number of aromatic nitrogens is 2. The number of nitrogens with zero attached hydrogens (tertiary/aromatic N) is 3. The van der Waals surface area contributed by atoms with Crippen molar-refractivity contribution in [3.8, 4) is 22.6 Å². The van der Waals surface area contributed by atoms with E-state index in [-0.39, 0.29) is 5.75 Å². The summed E-state index contributed by atoms with van der Waals surface area (Å²) in [4.78, 5) is 2.19. The van der Waals surface area contributed by atoms with Gasteiger partial charge in [-0.05, 0) is 48.2 Å². The van der Waals surface area contributed by atoms with E-state index in [1.54, 1.807) is 6.07 Å². The number of aromatic hydroxyl groups is 1. The molecule has 0 radical (unpaired) electrons. The molecule has 1 fully saturated rings. The van der Waals surface area contributed by atoms with Gasteiger partial charge in [0.25, 0.3) is 0 Å². The summed E-state index contributed by atoms with van der Waals surface area (Å²) in [5.74, 6) is 2.51. The molecule has 144 valence electrons. The average molecular weight is 398 g/mol. The number of hydrogen-bond donors (Lipinski definition) is 1. The molecular formula is C21H20ClN3O3. The molecule has 0 atom stereocenters. The van der Waals surface area contributed by atoms with Gasteiger partial charge in [-0.25, -0.2) is 0 Å². The number of halogens is 1. The van der Waals surface area contributed by atoms with E-state index < -0.39 is 0 Å². The van der Waals surface area contributed by atoms with E-state index in [0.717, 1.165) is 35.4 Å². The molecule has 2 aromatic carbocycles. The summed E-state index contributed by atoms with van der Waals surface area (Å²) in [7, 11) is 0. The first-order valence-electron chi connectivity index (χ1n) is 9.45. The lowest BCUT2D eigenvalue weighted by molar-refractivity contribution is 0.200. The van der Waals surface area contributed by atoms with Crippen LogP contribution in [0.2, 0.25) is 5.02 Å². The fourth-order valence-corrected chi connectivity index (χ4v) is 3.73. The predicted octanol–water partition coefficient (Wildman–Crippen LogP) is 4.37. The van der Waals surface area contributed by atoms with Crippen LogP contribution in [0.3, 0.4) is 0 Å². The first-order valence-corrected chi connectivity index (χ1v) is 9.83. The highest BCUT2D eigenvalue weighted by Crippen LogP contribution is 2.40. The Morgan fingerprint density at radius 3 is 2.86 bits per heavy atom. The standard InChI is InChI=1S/C21H20ClN3O3/c22-17-3-1-2-14(9-17)15-8-16-11-25(6-7-27-20(16)18(26)10-15)12-19-23-24-21(28-19)13-4-5-13/h1-3,8-10,13,26H,4-7,11-12H2. The van der Waals surface area contributed by atoms with Crippen molar-refractivity contribution in [3.63, 3.8) is 0 Å². The zero-order valence-electron chi connectivity index (χ0n) is 15.3. The van der Waals surface area contributed by atoms with Gasteiger partial charge in [-0.3, -0.25) is 4.90 Å². The highest BCUT2D eigenvalue weighted by atomic mass is 35.5. The fraction of sp³-hybridized carbons (Fsp3) is 0.333. The lowest BCUT2D eigenvalue weighted by Crippen LogP contribution is -2.25. The molecule has 7 heteroatoms. The van der Waals surface area contributed by atoms with E-state index in [4.69, 9.17) is 20.8 Å². The van der Waals surface area contributed by atoms with Crippen molar-refractivity contribution >= 4 is 11.6 Å². The van der Waals surface area contributed by atoms with E-state index in [1.165, 1.54) is 0 Å². The van der Waals surface area contributed by atoms with Crippen LogP contribution in [0.1, 0.15) is 36.1 Å². The average Bonchev–Trinajstić information content (AvgIpc) is 3.45. The number of rotatable bonds is 4. The molecule has 2 heterocycles. The summed E-state index contributed by atoms with van der Waals surface area (Å²) < 4.78 is 11.6. The lowest BCUT2D eigenvalue weighted by atomic mass is 10.0. The zero-order valence-corrected chi connectivity index (χ0v) is 16.0. The molecule has 1 aromatic heterocycles. The van der Waals surface area contributed by atoms with Crippen molar-refractivity contribution in [1.29, 1.82) is 0 Å². The molecule has 0 bridgehead atoms. The van der Waals surface area contributed by atoms with Crippen LogP contribution >= 0.6 is 11.6 Å². The molecule has 2 aliphatic rings. The van der Waals surface area contributed by atoms with Gasteiger partial charge in [0.05, 0.1) is 6.54 Å². The molecule has 3 aromatic rings. The Morgan fingerprint density at radius 1 is 1.14 bits per heavy atom. The van der Waals surface area contributed by atoms with Gasteiger partial charge < -0.3 is 14.3 Å². The van der Waals surface area contributed by atoms with Crippen molar-refractivity contribution in [2.45, 2.75) is 31.8 Å². The van der Waals surface area contributed by atoms with Gasteiger partial charge in [0.2, 0.25) is 11.8 Å². The topological polar surface area (TPSA) is 71.6 Å². The first kappa shape index (κ1) is 17.5. The van der Waals surface area contributed by atoms with E-state index in [1.807, 2.05) is 30.3 Å². The summed E-state index contributed by atoms with van der Waals surface area (Å²) in [6, 6.07) is 11.4. The molecular weight excluding hydrogens is 378 g/mol. The van der Waals surface area contributed by atoms with Gasteiger partial charge in [-0.2, -0.15) is 0 Å². The molecule has 0 amide bonds. The van der Waals surface area contributed by atoms with Gasteiger partial charge >= 0.3 is 0 Å². The Kier molecular flexibility index (Phi) is 4.45. The molecule has 1 aliphatic carbocycles. The van der Waals surface area contributed by atoms with Gasteiger partial charge in [0.15, 0.2) is 11.5 Å². The van der Waals surface area contributed by atoms with Crippen LogP contribution in [0.15, 0.2) is 40.8 Å². The summed E-state index contributed by atoms with van der Waals surface area (Å²) in [6.07, 6.45) is 2.27. The van der Waals surface area contributed by atoms with E-state index in [0.29, 0.717) is 48.8 Å². The van der Waals surface area contributed by atoms with Gasteiger partial charge in [0, 0.05) is 29.6 Å². The number of phenols is 1. The molecule has 28 heavy (non-hydrogen) atoms. The van der Waals surface area contributed by atoms with Crippen LogP contribution in [0.5, 0.6) is 11.5 Å². The fourth-order valence-electron chi connectivity index (χ4n) is 3.54. The van der Waals surface area contributed by atoms with E-state index >= 15 is 0 Å². The van der Waals surface area contributed by atoms with Crippen molar-refractivity contribution in [2.75, 3.05) is 13.2 Å². The Hall–Kier alpha value is -2.57. The molecule has 1 aliphatic heterocycles. The third-order valence-electron chi connectivity index (χ3n) is 5.12. The number of fused-ring (bicyclic) bond motifs is 1. The summed E-state index contributed by atoms with van der Waals surface area (Å²) in [5.41, 5.74) is 2.78. The lowest BCUT2D eigenvalue weighted by Gasteiger charge is -2.17. The Bertz CT molecular complexity index is 1020. The van der Waals surface area contributed by atoms with Crippen molar-refractivity contribution in [3.05, 3.63) is 58.8 Å². The second-order valence-electron chi connectivity index (χ2n) is 7.36. The smallest absolute Gasteiger partial charge is 0.230 e. The second-order valence-corrected chi connectivity index (χ2v) is 7.80. The van der Waals surface area contributed by atoms with Crippen LogP contribution in [0.25, 0.3) is 11.1 Å². The Morgan fingerprint density at radius 2 is 2.04 bits per heavy atom. The number of hydrogen-bond acceptors (Lipinski definition) is 6. The predicted molar refractivity (Wildman–Crippen MR) is 104 cm³/mol. The number of benzene rings is 2. The molecule has 0 unspecified atom stereocenters. The molecule has 0 spiro atoms. The van der Waals surface area contributed by atoms with Gasteiger partial charge in [-0.15, -0.1) is 10.2 Å². The summed E-state index contributed by atoms with van der Waals surface area (Å²) in [5, 5.41) is 19.5. The molecule has 6 nitrogen and oxygen atoms in total. The summed E-state index contributed by atoms with van der Waals surface area (Å²) >= 11 is 6.13.